The zero-order valence-corrected chi connectivity index (χ0v) is 12.7. The minimum absolute atomic E-state index is 0.112. The molecule has 0 radical (unpaired) electrons. The van der Waals surface area contributed by atoms with Gasteiger partial charge in [0.15, 0.2) is 0 Å². The second-order valence-electron chi connectivity index (χ2n) is 5.36. The Hall–Kier alpha value is -3.08. The van der Waals surface area contributed by atoms with Gasteiger partial charge in [-0.3, -0.25) is 4.79 Å². The normalized spacial score (nSPS) is 11.2. The number of imidazole rings is 1. The number of anilines is 1. The van der Waals surface area contributed by atoms with E-state index in [1.807, 2.05) is 55.5 Å². The van der Waals surface area contributed by atoms with Crippen LogP contribution < -0.4 is 10.9 Å². The van der Waals surface area contributed by atoms with Gasteiger partial charge in [-0.15, -0.1) is 0 Å². The molecule has 114 valence electrons. The van der Waals surface area contributed by atoms with Crippen LogP contribution in [0, 0.1) is 0 Å². The van der Waals surface area contributed by atoms with E-state index in [0.29, 0.717) is 5.95 Å². The Balaban J connectivity index is 2.05. The number of aromatic amines is 1. The molecule has 4 aromatic rings. The average molecular weight is 304 g/mol. The first-order valence-corrected chi connectivity index (χ1v) is 7.61. The molecular formula is C18H16N4O. The molecule has 0 saturated heterocycles. The number of nitrogens with zero attached hydrogens (tertiary/aromatic N) is 2. The Bertz CT molecular complexity index is 1030. The van der Waals surface area contributed by atoms with E-state index in [2.05, 4.69) is 15.3 Å². The van der Waals surface area contributed by atoms with Crippen LogP contribution in [0.15, 0.2) is 59.4 Å². The van der Waals surface area contributed by atoms with Gasteiger partial charge in [0.05, 0.1) is 16.6 Å². The van der Waals surface area contributed by atoms with Gasteiger partial charge in [0.25, 0.3) is 5.56 Å². The number of hydrogen-bond donors (Lipinski definition) is 2. The number of fused-ring (bicyclic) bond motifs is 2. The van der Waals surface area contributed by atoms with Gasteiger partial charge in [-0.1, -0.05) is 30.3 Å². The van der Waals surface area contributed by atoms with E-state index in [9.17, 15) is 4.79 Å². The zero-order chi connectivity index (χ0) is 15.8. The van der Waals surface area contributed by atoms with Gasteiger partial charge in [-0.25, -0.2) is 9.55 Å². The molecular weight excluding hydrogens is 288 g/mol. The smallest absolute Gasteiger partial charge is 0.260 e. The quantitative estimate of drug-likeness (QED) is 0.610. The number of aromatic nitrogens is 3. The fourth-order valence-corrected chi connectivity index (χ4v) is 2.88. The van der Waals surface area contributed by atoms with Gasteiger partial charge in [0.1, 0.15) is 0 Å². The molecule has 2 N–H and O–H groups in total. The number of H-pyrrole nitrogens is 1. The van der Waals surface area contributed by atoms with Gasteiger partial charge in [0.2, 0.25) is 5.95 Å². The maximum absolute atomic E-state index is 12.7. The van der Waals surface area contributed by atoms with Gasteiger partial charge in [0, 0.05) is 23.7 Å². The highest BCUT2D eigenvalue weighted by Gasteiger charge is 2.12. The van der Waals surface area contributed by atoms with E-state index in [1.54, 1.807) is 10.6 Å². The highest BCUT2D eigenvalue weighted by molar-refractivity contribution is 5.92. The summed E-state index contributed by atoms with van der Waals surface area (Å²) >= 11 is 0. The van der Waals surface area contributed by atoms with Crippen molar-refractivity contribution in [3.63, 3.8) is 0 Å². The van der Waals surface area contributed by atoms with Gasteiger partial charge >= 0.3 is 0 Å². The van der Waals surface area contributed by atoms with Crippen molar-refractivity contribution >= 4 is 27.6 Å². The summed E-state index contributed by atoms with van der Waals surface area (Å²) < 4.78 is 1.62. The third kappa shape index (κ3) is 2.17. The van der Waals surface area contributed by atoms with E-state index < -0.39 is 0 Å². The first-order chi connectivity index (χ1) is 11.3. The number of nitrogens with one attached hydrogen (secondary N) is 2. The lowest BCUT2D eigenvalue weighted by atomic mass is 10.2. The number of hydrogen-bond acceptors (Lipinski definition) is 3. The SMILES string of the molecule is CCNc1cc(=O)n(-c2nc3ccccc3[nH]2)c2ccccc12. The van der Waals surface area contributed by atoms with Crippen LogP contribution in [0.2, 0.25) is 0 Å². The Morgan fingerprint density at radius 3 is 2.74 bits per heavy atom. The molecule has 2 aromatic heterocycles. The fourth-order valence-electron chi connectivity index (χ4n) is 2.88. The fraction of sp³-hybridized carbons (Fsp3) is 0.111. The number of rotatable bonds is 3. The summed E-state index contributed by atoms with van der Waals surface area (Å²) in [5, 5.41) is 4.25. The predicted octanol–water partition coefficient (Wildman–Crippen LogP) is 3.30. The third-order valence-corrected chi connectivity index (χ3v) is 3.88. The monoisotopic (exact) mass is 304 g/mol. The van der Waals surface area contributed by atoms with Crippen molar-refractivity contribution in [1.29, 1.82) is 0 Å². The van der Waals surface area contributed by atoms with Crippen LogP contribution in [0.5, 0.6) is 0 Å². The summed E-state index contributed by atoms with van der Waals surface area (Å²) in [4.78, 5) is 20.5. The molecule has 4 rings (SSSR count). The highest BCUT2D eigenvalue weighted by Crippen LogP contribution is 2.23. The molecule has 0 fully saturated rings. The van der Waals surface area contributed by atoms with Crippen LogP contribution in [0.3, 0.4) is 0 Å². The van der Waals surface area contributed by atoms with Crippen molar-refractivity contribution in [2.75, 3.05) is 11.9 Å². The predicted molar refractivity (Wildman–Crippen MR) is 93.4 cm³/mol. The Labute approximate surface area is 132 Å². The third-order valence-electron chi connectivity index (χ3n) is 3.88. The maximum atomic E-state index is 12.7. The molecule has 0 saturated carbocycles. The largest absolute Gasteiger partial charge is 0.385 e. The zero-order valence-electron chi connectivity index (χ0n) is 12.7. The van der Waals surface area contributed by atoms with Crippen molar-refractivity contribution in [2.45, 2.75) is 6.92 Å². The summed E-state index contributed by atoms with van der Waals surface area (Å²) in [5.41, 5.74) is 3.32. The molecule has 0 aliphatic carbocycles. The number of benzene rings is 2. The van der Waals surface area contributed by atoms with Crippen molar-refractivity contribution < 1.29 is 0 Å². The lowest BCUT2D eigenvalue weighted by Gasteiger charge is -2.12. The van der Waals surface area contributed by atoms with Crippen LogP contribution in [-0.4, -0.2) is 21.1 Å². The lowest BCUT2D eigenvalue weighted by Crippen LogP contribution is -2.20. The molecule has 0 bridgehead atoms. The van der Waals surface area contributed by atoms with Crippen molar-refractivity contribution in [3.8, 4) is 5.95 Å². The van der Waals surface area contributed by atoms with Crippen LogP contribution in [-0.2, 0) is 0 Å². The minimum atomic E-state index is -0.112. The summed E-state index contributed by atoms with van der Waals surface area (Å²) in [6.45, 7) is 2.78. The van der Waals surface area contributed by atoms with Crippen LogP contribution in [0.1, 0.15) is 6.92 Å². The van der Waals surface area contributed by atoms with Gasteiger partial charge < -0.3 is 10.3 Å². The molecule has 23 heavy (non-hydrogen) atoms. The van der Waals surface area contributed by atoms with Crippen LogP contribution in [0.25, 0.3) is 27.9 Å². The molecule has 0 spiro atoms. The molecule has 0 atom stereocenters. The Kier molecular flexibility index (Phi) is 3.12. The minimum Gasteiger partial charge on any atom is -0.385 e. The van der Waals surface area contributed by atoms with Crippen LogP contribution in [0.4, 0.5) is 5.69 Å². The Morgan fingerprint density at radius 1 is 1.13 bits per heavy atom. The summed E-state index contributed by atoms with van der Waals surface area (Å²) in [6, 6.07) is 17.2. The van der Waals surface area contributed by atoms with Crippen LogP contribution >= 0.6 is 0 Å². The summed E-state index contributed by atoms with van der Waals surface area (Å²) in [6.07, 6.45) is 0. The lowest BCUT2D eigenvalue weighted by molar-refractivity contribution is 0.959. The molecule has 2 heterocycles. The van der Waals surface area contributed by atoms with Crippen molar-refractivity contribution in [3.05, 3.63) is 65.0 Å². The molecule has 2 aromatic carbocycles. The number of pyridine rings is 1. The van der Waals surface area contributed by atoms with Gasteiger partial charge in [-0.05, 0) is 25.1 Å². The van der Waals surface area contributed by atoms with Crippen molar-refractivity contribution in [2.24, 2.45) is 0 Å². The highest BCUT2D eigenvalue weighted by atomic mass is 16.1. The van der Waals surface area contributed by atoms with Crippen molar-refractivity contribution in [1.82, 2.24) is 14.5 Å². The summed E-state index contributed by atoms with van der Waals surface area (Å²) in [5.74, 6) is 0.537. The van der Waals surface area contributed by atoms with E-state index >= 15 is 0 Å². The first-order valence-electron chi connectivity index (χ1n) is 7.61. The molecule has 0 amide bonds. The van der Waals surface area contributed by atoms with E-state index in [4.69, 9.17) is 0 Å². The average Bonchev–Trinajstić information content (AvgIpc) is 2.98. The first kappa shape index (κ1) is 13.6. The van der Waals surface area contributed by atoms with E-state index in [-0.39, 0.29) is 5.56 Å². The Morgan fingerprint density at radius 2 is 1.91 bits per heavy atom. The molecule has 5 nitrogen and oxygen atoms in total. The van der Waals surface area contributed by atoms with E-state index in [0.717, 1.165) is 34.2 Å². The van der Waals surface area contributed by atoms with Gasteiger partial charge in [-0.2, -0.15) is 0 Å². The topological polar surface area (TPSA) is 62.7 Å². The second-order valence-corrected chi connectivity index (χ2v) is 5.36. The maximum Gasteiger partial charge on any atom is 0.260 e. The van der Waals surface area contributed by atoms with E-state index in [1.165, 1.54) is 0 Å². The number of para-hydroxylation sites is 3. The summed E-state index contributed by atoms with van der Waals surface area (Å²) in [7, 11) is 0. The second kappa shape index (κ2) is 5.28. The molecule has 0 aliphatic rings. The molecule has 5 heteroatoms. The molecule has 0 unspecified atom stereocenters. The standard InChI is InChI=1S/C18H16N4O/c1-2-19-15-11-17(23)22(16-10-6-3-7-12(15)16)18-20-13-8-4-5-9-14(13)21-18/h3-11,19H,2H2,1H3,(H,20,21). The molecule has 0 aliphatic heterocycles.